The van der Waals surface area contributed by atoms with Crippen molar-refractivity contribution in [2.75, 3.05) is 25.0 Å². The van der Waals surface area contributed by atoms with Crippen LogP contribution in [0.1, 0.15) is 18.5 Å². The van der Waals surface area contributed by atoms with Crippen molar-refractivity contribution in [3.05, 3.63) is 59.9 Å². The summed E-state index contributed by atoms with van der Waals surface area (Å²) in [6, 6.07) is 8.77. The minimum absolute atomic E-state index is 0.0295. The highest BCUT2D eigenvalue weighted by molar-refractivity contribution is 6.39. The Hall–Kier alpha value is -2.87. The molecule has 0 radical (unpaired) electrons. The predicted octanol–water partition coefficient (Wildman–Crippen LogP) is 2.33. The molecule has 1 aromatic heterocycles. The molecule has 1 saturated heterocycles. The van der Waals surface area contributed by atoms with Crippen LogP contribution in [0.5, 0.6) is 0 Å². The number of hydrogen-bond donors (Lipinski definition) is 2. The summed E-state index contributed by atoms with van der Waals surface area (Å²) in [4.78, 5) is 30.5. The van der Waals surface area contributed by atoms with Crippen molar-refractivity contribution in [3.63, 3.8) is 0 Å². The van der Waals surface area contributed by atoms with E-state index in [1.807, 2.05) is 18.2 Å². The molecule has 1 aromatic carbocycles. The summed E-state index contributed by atoms with van der Waals surface area (Å²) in [5.74, 6) is -3.51. The molecular formula is C20H22F2N4O2. The quantitative estimate of drug-likeness (QED) is 0.771. The van der Waals surface area contributed by atoms with Crippen LogP contribution in [0, 0.1) is 17.6 Å². The first-order valence-electron chi connectivity index (χ1n) is 9.18. The molecule has 0 unspecified atom stereocenters. The van der Waals surface area contributed by atoms with Crippen molar-refractivity contribution in [1.82, 2.24) is 15.2 Å². The molecule has 0 bridgehead atoms. The fourth-order valence-corrected chi connectivity index (χ4v) is 3.15. The summed E-state index contributed by atoms with van der Waals surface area (Å²) >= 11 is 0. The van der Waals surface area contributed by atoms with Gasteiger partial charge in [0.2, 0.25) is 0 Å². The summed E-state index contributed by atoms with van der Waals surface area (Å²) in [6.07, 6.45) is 3.61. The Kier molecular flexibility index (Phi) is 6.65. The maximum Gasteiger partial charge on any atom is 0.313 e. The highest BCUT2D eigenvalue weighted by atomic mass is 19.2. The number of piperidine rings is 1. The predicted molar refractivity (Wildman–Crippen MR) is 100 cm³/mol. The number of hydrogen-bond acceptors (Lipinski definition) is 4. The van der Waals surface area contributed by atoms with Gasteiger partial charge in [-0.3, -0.25) is 19.5 Å². The van der Waals surface area contributed by atoms with Gasteiger partial charge >= 0.3 is 11.8 Å². The number of pyridine rings is 1. The van der Waals surface area contributed by atoms with Crippen LogP contribution >= 0.6 is 0 Å². The van der Waals surface area contributed by atoms with Gasteiger partial charge in [-0.25, -0.2) is 8.78 Å². The molecular weight excluding hydrogens is 366 g/mol. The molecule has 0 atom stereocenters. The lowest BCUT2D eigenvalue weighted by molar-refractivity contribution is -0.136. The van der Waals surface area contributed by atoms with Crippen LogP contribution in [0.3, 0.4) is 0 Å². The van der Waals surface area contributed by atoms with Gasteiger partial charge in [-0.15, -0.1) is 0 Å². The molecule has 0 spiro atoms. The van der Waals surface area contributed by atoms with E-state index in [1.165, 1.54) is 6.07 Å². The van der Waals surface area contributed by atoms with E-state index in [4.69, 9.17) is 0 Å². The average Bonchev–Trinajstić information content (AvgIpc) is 2.71. The van der Waals surface area contributed by atoms with Gasteiger partial charge in [0.15, 0.2) is 11.6 Å². The van der Waals surface area contributed by atoms with Gasteiger partial charge in [-0.1, -0.05) is 6.07 Å². The lowest BCUT2D eigenvalue weighted by Gasteiger charge is -2.31. The number of rotatable bonds is 5. The molecule has 0 saturated carbocycles. The number of carbonyl (C=O) groups is 2. The Balaban J connectivity index is 1.39. The van der Waals surface area contributed by atoms with Crippen LogP contribution in [-0.2, 0) is 16.1 Å². The molecule has 6 nitrogen and oxygen atoms in total. The number of benzene rings is 1. The molecule has 2 aromatic rings. The van der Waals surface area contributed by atoms with Crippen LogP contribution in [0.2, 0.25) is 0 Å². The molecule has 1 aliphatic rings. The van der Waals surface area contributed by atoms with Crippen molar-refractivity contribution in [3.8, 4) is 0 Å². The van der Waals surface area contributed by atoms with E-state index in [0.717, 1.165) is 50.3 Å². The molecule has 1 fully saturated rings. The smallest absolute Gasteiger partial charge is 0.313 e. The molecule has 1 aliphatic heterocycles. The van der Waals surface area contributed by atoms with Gasteiger partial charge in [0, 0.05) is 31.0 Å². The maximum atomic E-state index is 13.2. The maximum absolute atomic E-state index is 13.2. The fourth-order valence-electron chi connectivity index (χ4n) is 3.15. The van der Waals surface area contributed by atoms with Gasteiger partial charge in [-0.05, 0) is 56.1 Å². The third-order valence-electron chi connectivity index (χ3n) is 4.75. The monoisotopic (exact) mass is 388 g/mol. The van der Waals surface area contributed by atoms with E-state index < -0.39 is 23.4 Å². The fraction of sp³-hybridized carbons (Fsp3) is 0.350. The van der Waals surface area contributed by atoms with E-state index in [0.29, 0.717) is 12.5 Å². The van der Waals surface area contributed by atoms with Gasteiger partial charge in [0.25, 0.3) is 0 Å². The zero-order valence-corrected chi connectivity index (χ0v) is 15.3. The lowest BCUT2D eigenvalue weighted by atomic mass is 9.96. The van der Waals surface area contributed by atoms with E-state index >= 15 is 0 Å². The van der Waals surface area contributed by atoms with Crippen molar-refractivity contribution < 1.29 is 18.4 Å². The van der Waals surface area contributed by atoms with E-state index in [1.54, 1.807) is 6.20 Å². The van der Waals surface area contributed by atoms with Crippen molar-refractivity contribution in [2.45, 2.75) is 19.4 Å². The summed E-state index contributed by atoms with van der Waals surface area (Å²) in [7, 11) is 0. The number of halogens is 2. The number of carbonyl (C=O) groups excluding carboxylic acids is 2. The van der Waals surface area contributed by atoms with E-state index in [9.17, 15) is 18.4 Å². The highest BCUT2D eigenvalue weighted by Crippen LogP contribution is 2.18. The molecule has 148 valence electrons. The molecule has 3 rings (SSSR count). The molecule has 8 heteroatoms. The van der Waals surface area contributed by atoms with Crippen molar-refractivity contribution >= 4 is 17.5 Å². The zero-order chi connectivity index (χ0) is 19.9. The lowest BCUT2D eigenvalue weighted by Crippen LogP contribution is -2.41. The Morgan fingerprint density at radius 1 is 1.07 bits per heavy atom. The molecule has 0 aliphatic carbocycles. The first-order valence-corrected chi connectivity index (χ1v) is 9.18. The number of aromatic nitrogens is 1. The number of amides is 2. The van der Waals surface area contributed by atoms with Crippen LogP contribution in [-0.4, -0.2) is 41.3 Å². The minimum Gasteiger partial charge on any atom is -0.348 e. The summed E-state index contributed by atoms with van der Waals surface area (Å²) in [6.45, 7) is 3.01. The van der Waals surface area contributed by atoms with Gasteiger partial charge < -0.3 is 10.6 Å². The normalized spacial score (nSPS) is 15.2. The van der Waals surface area contributed by atoms with Crippen LogP contribution in [0.15, 0.2) is 42.6 Å². The SMILES string of the molecule is O=C(NCC1CCN(Cc2ccccn2)CC1)C(=O)Nc1ccc(F)c(F)c1. The van der Waals surface area contributed by atoms with Crippen LogP contribution < -0.4 is 10.6 Å². The topological polar surface area (TPSA) is 74.3 Å². The standard InChI is InChI=1S/C20H22F2N4O2/c21-17-5-4-15(11-18(17)22)25-20(28)19(27)24-12-14-6-9-26(10-7-14)13-16-3-1-2-8-23-16/h1-5,8,11,14H,6-7,9-10,12-13H2,(H,24,27)(H,25,28). The minimum atomic E-state index is -1.09. The molecule has 2 N–H and O–H groups in total. The van der Waals surface area contributed by atoms with E-state index in [-0.39, 0.29) is 5.69 Å². The summed E-state index contributed by atoms with van der Waals surface area (Å²) < 4.78 is 26.1. The number of nitrogens with one attached hydrogen (secondary N) is 2. The first kappa shape index (κ1) is 19.9. The molecule has 28 heavy (non-hydrogen) atoms. The Morgan fingerprint density at radius 3 is 2.54 bits per heavy atom. The van der Waals surface area contributed by atoms with Gasteiger partial charge in [-0.2, -0.15) is 0 Å². The van der Waals surface area contributed by atoms with Crippen molar-refractivity contribution in [2.24, 2.45) is 5.92 Å². The van der Waals surface area contributed by atoms with Crippen LogP contribution in [0.4, 0.5) is 14.5 Å². The highest BCUT2D eigenvalue weighted by Gasteiger charge is 2.21. The van der Waals surface area contributed by atoms with Gasteiger partial charge in [0.05, 0.1) is 5.69 Å². The number of anilines is 1. The average molecular weight is 388 g/mol. The largest absolute Gasteiger partial charge is 0.348 e. The zero-order valence-electron chi connectivity index (χ0n) is 15.3. The molecule has 2 heterocycles. The second kappa shape index (κ2) is 9.36. The second-order valence-electron chi connectivity index (χ2n) is 6.83. The number of likely N-dealkylation sites (tertiary alicyclic amines) is 1. The summed E-state index contributed by atoms with van der Waals surface area (Å²) in [5.41, 5.74) is 1.06. The molecule has 2 amide bonds. The number of nitrogens with zero attached hydrogens (tertiary/aromatic N) is 2. The van der Waals surface area contributed by atoms with Crippen molar-refractivity contribution in [1.29, 1.82) is 0 Å². The van der Waals surface area contributed by atoms with Crippen LogP contribution in [0.25, 0.3) is 0 Å². The first-order chi connectivity index (χ1) is 13.5. The third-order valence-corrected chi connectivity index (χ3v) is 4.75. The Morgan fingerprint density at radius 2 is 1.86 bits per heavy atom. The second-order valence-corrected chi connectivity index (χ2v) is 6.83. The van der Waals surface area contributed by atoms with E-state index in [2.05, 4.69) is 20.5 Å². The Labute approximate surface area is 162 Å². The third kappa shape index (κ3) is 5.56. The van der Waals surface area contributed by atoms with Gasteiger partial charge in [0.1, 0.15) is 0 Å². The summed E-state index contributed by atoms with van der Waals surface area (Å²) in [5, 5.41) is 4.87. The Bertz CT molecular complexity index is 824.